The smallest absolute Gasteiger partial charge is 0.0973 e. The molecular formula is C11H24Si2. The predicted octanol–water partition coefficient (Wildman–Crippen LogP) is 2.86. The first kappa shape index (κ1) is 12.9. The monoisotopic (exact) mass is 212 g/mol. The quantitative estimate of drug-likeness (QED) is 0.594. The second-order valence-corrected chi connectivity index (χ2v) is 11.7. The minimum Gasteiger partial charge on any atom is -0.107 e. The highest BCUT2D eigenvalue weighted by Crippen LogP contribution is 2.34. The van der Waals surface area contributed by atoms with E-state index in [9.17, 15) is 0 Å². The van der Waals surface area contributed by atoms with Crippen LogP contribution in [0.25, 0.3) is 0 Å². The van der Waals surface area contributed by atoms with Gasteiger partial charge in [0.2, 0.25) is 0 Å². The third kappa shape index (κ3) is 4.62. The van der Waals surface area contributed by atoms with Crippen molar-refractivity contribution in [1.29, 1.82) is 0 Å². The largest absolute Gasteiger partial charge is 0.107 e. The van der Waals surface area contributed by atoms with Crippen molar-refractivity contribution >= 4 is 18.3 Å². The van der Waals surface area contributed by atoms with Crippen LogP contribution in [0, 0.1) is 0 Å². The lowest BCUT2D eigenvalue weighted by Gasteiger charge is -2.27. The van der Waals surface area contributed by atoms with Crippen molar-refractivity contribution in [1.82, 2.24) is 0 Å². The Morgan fingerprint density at radius 2 is 1.85 bits per heavy atom. The SMILES string of the molecule is C=C[Si](C)(C=C)CCC(C)([SiH3])CC. The maximum Gasteiger partial charge on any atom is 0.0973 e. The van der Waals surface area contributed by atoms with Crippen molar-refractivity contribution in [3.63, 3.8) is 0 Å². The minimum absolute atomic E-state index is 0.625. The molecule has 2 heteroatoms. The minimum atomic E-state index is -1.27. The van der Waals surface area contributed by atoms with Crippen molar-refractivity contribution in [3.8, 4) is 0 Å². The van der Waals surface area contributed by atoms with Crippen molar-refractivity contribution in [2.24, 2.45) is 0 Å². The van der Waals surface area contributed by atoms with E-state index >= 15 is 0 Å². The zero-order valence-corrected chi connectivity index (χ0v) is 12.7. The van der Waals surface area contributed by atoms with Gasteiger partial charge < -0.3 is 0 Å². The number of rotatable bonds is 6. The molecule has 0 aliphatic heterocycles. The second-order valence-electron chi connectivity index (χ2n) is 4.93. The van der Waals surface area contributed by atoms with Crippen molar-refractivity contribution in [3.05, 3.63) is 24.6 Å². The van der Waals surface area contributed by atoms with Crippen LogP contribution in [0.3, 0.4) is 0 Å². The second kappa shape index (κ2) is 4.96. The standard InChI is InChI=1S/C11H24Si2/c1-6-11(4,12)9-10-13(5,7-2)8-3/h7-8H,2-3,6,9-10H2,1,4-5,12H3. The molecule has 0 nitrogen and oxygen atoms in total. The van der Waals surface area contributed by atoms with Gasteiger partial charge in [-0.15, -0.1) is 13.2 Å². The summed E-state index contributed by atoms with van der Waals surface area (Å²) in [5.74, 6) is 0. The molecule has 0 fully saturated rings. The summed E-state index contributed by atoms with van der Waals surface area (Å²) in [4.78, 5) is 0. The van der Waals surface area contributed by atoms with Crippen LogP contribution < -0.4 is 0 Å². The molecule has 0 aromatic heterocycles. The van der Waals surface area contributed by atoms with Crippen LogP contribution >= 0.6 is 0 Å². The lowest BCUT2D eigenvalue weighted by Crippen LogP contribution is -2.26. The molecule has 76 valence electrons. The first-order chi connectivity index (χ1) is 5.89. The molecule has 0 heterocycles. The van der Waals surface area contributed by atoms with E-state index in [-0.39, 0.29) is 0 Å². The van der Waals surface area contributed by atoms with Gasteiger partial charge in [-0.3, -0.25) is 0 Å². The molecule has 13 heavy (non-hydrogen) atoms. The predicted molar refractivity (Wildman–Crippen MR) is 70.0 cm³/mol. The normalized spacial score (nSPS) is 16.5. The molecule has 1 unspecified atom stereocenters. The summed E-state index contributed by atoms with van der Waals surface area (Å²) in [6.45, 7) is 14.9. The molecule has 0 saturated heterocycles. The van der Waals surface area contributed by atoms with E-state index in [1.54, 1.807) is 0 Å². The Balaban J connectivity index is 4.14. The zero-order chi connectivity index (χ0) is 10.5. The molecular weight excluding hydrogens is 188 g/mol. The molecule has 0 aliphatic rings. The van der Waals surface area contributed by atoms with E-state index in [4.69, 9.17) is 0 Å². The van der Waals surface area contributed by atoms with Gasteiger partial charge in [-0.2, -0.15) is 0 Å². The molecule has 0 radical (unpaired) electrons. The molecule has 0 N–H and O–H groups in total. The number of hydrogen-bond donors (Lipinski definition) is 0. The van der Waals surface area contributed by atoms with Gasteiger partial charge in [-0.25, -0.2) is 0 Å². The Labute approximate surface area is 87.6 Å². The molecule has 1 atom stereocenters. The lowest BCUT2D eigenvalue weighted by atomic mass is 10.1. The van der Waals surface area contributed by atoms with Crippen LogP contribution in [0.15, 0.2) is 24.6 Å². The summed E-state index contributed by atoms with van der Waals surface area (Å²) in [6.07, 6.45) is 2.68. The van der Waals surface area contributed by atoms with E-state index in [0.29, 0.717) is 5.04 Å². The highest BCUT2D eigenvalue weighted by Gasteiger charge is 2.23. The van der Waals surface area contributed by atoms with Gasteiger partial charge in [0.05, 0.1) is 8.07 Å². The van der Waals surface area contributed by atoms with Gasteiger partial charge in [-0.1, -0.05) is 50.7 Å². The summed E-state index contributed by atoms with van der Waals surface area (Å²) in [5, 5.41) is 0.625. The molecule has 0 spiro atoms. The Morgan fingerprint density at radius 3 is 2.15 bits per heavy atom. The summed E-state index contributed by atoms with van der Waals surface area (Å²) in [5.41, 5.74) is 4.32. The van der Waals surface area contributed by atoms with Gasteiger partial charge in [0.15, 0.2) is 0 Å². The van der Waals surface area contributed by atoms with Crippen LogP contribution in [0.4, 0.5) is 0 Å². The third-order valence-corrected chi connectivity index (χ3v) is 7.63. The first-order valence-corrected chi connectivity index (χ1v) is 9.02. The highest BCUT2D eigenvalue weighted by molar-refractivity contribution is 6.87. The van der Waals surface area contributed by atoms with E-state index in [1.165, 1.54) is 29.1 Å². The van der Waals surface area contributed by atoms with E-state index in [2.05, 4.69) is 45.0 Å². The molecule has 0 saturated carbocycles. The van der Waals surface area contributed by atoms with E-state index in [1.807, 2.05) is 0 Å². The van der Waals surface area contributed by atoms with Gasteiger partial charge in [0.25, 0.3) is 0 Å². The Hall–Kier alpha value is -0.0862. The maximum atomic E-state index is 3.93. The summed E-state index contributed by atoms with van der Waals surface area (Å²) in [7, 11) is 0.0276. The Kier molecular flexibility index (Phi) is 4.93. The molecule has 0 aromatic rings. The molecule has 0 rings (SSSR count). The van der Waals surface area contributed by atoms with Crippen LogP contribution in [0.5, 0.6) is 0 Å². The van der Waals surface area contributed by atoms with Gasteiger partial charge in [0, 0.05) is 10.2 Å². The van der Waals surface area contributed by atoms with Crippen LogP contribution in [0.1, 0.15) is 26.7 Å². The van der Waals surface area contributed by atoms with Gasteiger partial charge in [-0.05, 0) is 5.04 Å². The van der Waals surface area contributed by atoms with Gasteiger partial charge >= 0.3 is 0 Å². The summed E-state index contributed by atoms with van der Waals surface area (Å²) in [6, 6.07) is 1.33. The van der Waals surface area contributed by atoms with Crippen molar-refractivity contribution < 1.29 is 0 Å². The van der Waals surface area contributed by atoms with Crippen molar-refractivity contribution in [2.45, 2.75) is 44.3 Å². The third-order valence-electron chi connectivity index (χ3n) is 3.23. The van der Waals surface area contributed by atoms with Crippen LogP contribution in [0.2, 0.25) is 17.6 Å². The van der Waals surface area contributed by atoms with Crippen LogP contribution in [-0.2, 0) is 0 Å². The average molecular weight is 212 g/mol. The zero-order valence-electron chi connectivity index (χ0n) is 9.69. The Morgan fingerprint density at radius 1 is 1.38 bits per heavy atom. The molecule has 0 aliphatic carbocycles. The summed E-state index contributed by atoms with van der Waals surface area (Å²) < 4.78 is 0. The molecule has 0 aromatic carbocycles. The fourth-order valence-corrected chi connectivity index (χ4v) is 3.61. The maximum absolute atomic E-state index is 3.93. The van der Waals surface area contributed by atoms with Crippen molar-refractivity contribution in [2.75, 3.05) is 0 Å². The first-order valence-electron chi connectivity index (χ1n) is 5.16. The average Bonchev–Trinajstić information content (AvgIpc) is 2.14. The fraction of sp³-hybridized carbons (Fsp3) is 0.636. The van der Waals surface area contributed by atoms with E-state index in [0.717, 1.165) is 0 Å². The topological polar surface area (TPSA) is 0 Å². The molecule has 0 amide bonds. The lowest BCUT2D eigenvalue weighted by molar-refractivity contribution is 0.568. The van der Waals surface area contributed by atoms with E-state index < -0.39 is 8.07 Å². The summed E-state index contributed by atoms with van der Waals surface area (Å²) >= 11 is 0. The van der Waals surface area contributed by atoms with Gasteiger partial charge in [0.1, 0.15) is 0 Å². The fourth-order valence-electron chi connectivity index (χ4n) is 1.07. The Bertz CT molecular complexity index is 175. The number of hydrogen-bond acceptors (Lipinski definition) is 0. The highest BCUT2D eigenvalue weighted by atomic mass is 28.3. The molecule has 0 bridgehead atoms. The van der Waals surface area contributed by atoms with Crippen LogP contribution in [-0.4, -0.2) is 18.3 Å².